The van der Waals surface area contributed by atoms with Gasteiger partial charge in [0.05, 0.1) is 6.42 Å². The highest BCUT2D eigenvalue weighted by Gasteiger charge is 2.04. The Morgan fingerprint density at radius 2 is 2.19 bits per heavy atom. The number of carboxylic acid groups (broad SMARTS) is 1. The number of aromatic amines is 1. The van der Waals surface area contributed by atoms with Crippen LogP contribution in [-0.2, 0) is 4.79 Å². The predicted octanol–water partition coefficient (Wildman–Crippen LogP) is 2.96. The Kier molecular flexibility index (Phi) is 2.77. The van der Waals surface area contributed by atoms with Crippen LogP contribution in [0.3, 0.4) is 0 Å². The Balaban J connectivity index is 2.39. The van der Waals surface area contributed by atoms with Crippen LogP contribution in [0.1, 0.15) is 17.7 Å². The van der Waals surface area contributed by atoms with Gasteiger partial charge in [0.25, 0.3) is 0 Å². The summed E-state index contributed by atoms with van der Waals surface area (Å²) in [7, 11) is 0. The first-order chi connectivity index (χ1) is 7.68. The summed E-state index contributed by atoms with van der Waals surface area (Å²) >= 11 is 0. The molecule has 0 fully saturated rings. The summed E-state index contributed by atoms with van der Waals surface area (Å²) in [4.78, 5) is 13.7. The van der Waals surface area contributed by atoms with Gasteiger partial charge in [-0.1, -0.05) is 30.4 Å². The fraction of sp³-hybridized carbons (Fsp3) is 0.154. The van der Waals surface area contributed by atoms with E-state index in [-0.39, 0.29) is 6.42 Å². The highest BCUT2D eigenvalue weighted by atomic mass is 16.4. The lowest BCUT2D eigenvalue weighted by molar-refractivity contribution is -0.135. The zero-order chi connectivity index (χ0) is 11.5. The molecule has 0 saturated heterocycles. The minimum absolute atomic E-state index is 0.0545. The molecular formula is C13H13NO2. The quantitative estimate of drug-likeness (QED) is 0.827. The topological polar surface area (TPSA) is 53.1 Å². The number of carbonyl (C=O) groups is 1. The average molecular weight is 215 g/mol. The molecule has 82 valence electrons. The normalized spacial score (nSPS) is 11.3. The molecule has 1 aromatic heterocycles. The van der Waals surface area contributed by atoms with E-state index in [1.54, 1.807) is 6.08 Å². The van der Waals surface area contributed by atoms with Crippen molar-refractivity contribution in [1.82, 2.24) is 4.98 Å². The van der Waals surface area contributed by atoms with Gasteiger partial charge in [-0.15, -0.1) is 0 Å². The summed E-state index contributed by atoms with van der Waals surface area (Å²) < 4.78 is 0. The average Bonchev–Trinajstić information content (AvgIpc) is 2.55. The van der Waals surface area contributed by atoms with E-state index in [2.05, 4.69) is 4.98 Å². The van der Waals surface area contributed by atoms with Gasteiger partial charge >= 0.3 is 5.97 Å². The fourth-order valence-electron chi connectivity index (χ4n) is 1.79. The van der Waals surface area contributed by atoms with Crippen LogP contribution in [-0.4, -0.2) is 16.1 Å². The minimum Gasteiger partial charge on any atom is -0.481 e. The van der Waals surface area contributed by atoms with Gasteiger partial charge in [-0.2, -0.15) is 0 Å². The molecule has 0 amide bonds. The lowest BCUT2D eigenvalue weighted by Gasteiger charge is -1.92. The molecule has 0 unspecified atom stereocenters. The molecular weight excluding hydrogens is 202 g/mol. The van der Waals surface area contributed by atoms with Gasteiger partial charge in [-0.05, 0) is 13.0 Å². The summed E-state index contributed by atoms with van der Waals surface area (Å²) in [5.41, 5.74) is 3.20. The number of hydrogen-bond donors (Lipinski definition) is 2. The number of aryl methyl sites for hydroxylation is 1. The highest BCUT2D eigenvalue weighted by molar-refractivity contribution is 5.90. The third-order valence-corrected chi connectivity index (χ3v) is 2.52. The van der Waals surface area contributed by atoms with Crippen LogP contribution in [0.4, 0.5) is 0 Å². The zero-order valence-electron chi connectivity index (χ0n) is 9.03. The van der Waals surface area contributed by atoms with Crippen molar-refractivity contribution in [3.63, 3.8) is 0 Å². The van der Waals surface area contributed by atoms with Crippen molar-refractivity contribution in [2.75, 3.05) is 0 Å². The zero-order valence-corrected chi connectivity index (χ0v) is 9.03. The molecule has 2 aromatic rings. The van der Waals surface area contributed by atoms with Crippen LogP contribution in [0, 0.1) is 6.92 Å². The predicted molar refractivity (Wildman–Crippen MR) is 64.3 cm³/mol. The van der Waals surface area contributed by atoms with Gasteiger partial charge in [-0.3, -0.25) is 4.79 Å². The second kappa shape index (κ2) is 4.23. The Bertz CT molecular complexity index is 552. The van der Waals surface area contributed by atoms with Crippen molar-refractivity contribution >= 4 is 22.9 Å². The van der Waals surface area contributed by atoms with E-state index < -0.39 is 5.97 Å². The van der Waals surface area contributed by atoms with Crippen LogP contribution < -0.4 is 0 Å². The first-order valence-electron chi connectivity index (χ1n) is 5.14. The molecule has 0 bridgehead atoms. The molecule has 1 aromatic carbocycles. The molecule has 3 heteroatoms. The maximum atomic E-state index is 10.4. The minimum atomic E-state index is -0.811. The summed E-state index contributed by atoms with van der Waals surface area (Å²) in [6, 6.07) is 7.99. The second-order valence-corrected chi connectivity index (χ2v) is 3.71. The van der Waals surface area contributed by atoms with Gasteiger partial charge in [0.1, 0.15) is 0 Å². The van der Waals surface area contributed by atoms with E-state index in [0.29, 0.717) is 0 Å². The van der Waals surface area contributed by atoms with E-state index in [9.17, 15) is 4.79 Å². The highest BCUT2D eigenvalue weighted by Crippen LogP contribution is 2.22. The summed E-state index contributed by atoms with van der Waals surface area (Å²) in [5.74, 6) is -0.811. The Labute approximate surface area is 93.4 Å². The summed E-state index contributed by atoms with van der Waals surface area (Å²) in [5, 5.41) is 9.69. The van der Waals surface area contributed by atoms with E-state index >= 15 is 0 Å². The number of rotatable bonds is 3. The van der Waals surface area contributed by atoms with Crippen LogP contribution >= 0.6 is 0 Å². The molecule has 0 aliphatic heterocycles. The van der Waals surface area contributed by atoms with Gasteiger partial charge in [0, 0.05) is 22.2 Å². The lowest BCUT2D eigenvalue weighted by Crippen LogP contribution is -1.89. The molecule has 3 nitrogen and oxygen atoms in total. The molecule has 0 radical (unpaired) electrons. The number of aromatic nitrogens is 1. The Morgan fingerprint density at radius 1 is 1.44 bits per heavy atom. The first-order valence-corrected chi connectivity index (χ1v) is 5.14. The van der Waals surface area contributed by atoms with Gasteiger partial charge in [0.15, 0.2) is 0 Å². The number of fused-ring (bicyclic) bond motifs is 1. The van der Waals surface area contributed by atoms with Crippen molar-refractivity contribution < 1.29 is 9.90 Å². The van der Waals surface area contributed by atoms with E-state index in [1.807, 2.05) is 37.3 Å². The molecule has 0 spiro atoms. The number of hydrogen-bond acceptors (Lipinski definition) is 1. The SMILES string of the molecule is Cc1[nH]c2ccccc2c1/C=C/CC(=O)O. The largest absolute Gasteiger partial charge is 0.481 e. The van der Waals surface area contributed by atoms with Crippen molar-refractivity contribution in [3.8, 4) is 0 Å². The smallest absolute Gasteiger partial charge is 0.307 e. The van der Waals surface area contributed by atoms with Crippen LogP contribution in [0.5, 0.6) is 0 Å². The molecule has 0 saturated carbocycles. The van der Waals surface area contributed by atoms with Crippen molar-refractivity contribution in [1.29, 1.82) is 0 Å². The maximum Gasteiger partial charge on any atom is 0.307 e. The monoisotopic (exact) mass is 215 g/mol. The maximum absolute atomic E-state index is 10.4. The molecule has 0 atom stereocenters. The standard InChI is InChI=1S/C13H13NO2/c1-9-10(6-4-8-13(15)16)11-5-2-3-7-12(11)14-9/h2-7,14H,8H2,1H3,(H,15,16)/b6-4+. The lowest BCUT2D eigenvalue weighted by atomic mass is 10.1. The van der Waals surface area contributed by atoms with E-state index in [0.717, 1.165) is 22.2 Å². The van der Waals surface area contributed by atoms with Gasteiger partial charge in [-0.25, -0.2) is 0 Å². The molecule has 0 aliphatic rings. The number of H-pyrrole nitrogens is 1. The number of benzene rings is 1. The molecule has 1 heterocycles. The molecule has 0 aliphatic carbocycles. The third-order valence-electron chi connectivity index (χ3n) is 2.52. The van der Waals surface area contributed by atoms with Crippen LogP contribution in [0.15, 0.2) is 30.3 Å². The molecule has 2 rings (SSSR count). The Morgan fingerprint density at radius 3 is 2.94 bits per heavy atom. The second-order valence-electron chi connectivity index (χ2n) is 3.71. The molecule has 16 heavy (non-hydrogen) atoms. The van der Waals surface area contributed by atoms with Crippen molar-refractivity contribution in [3.05, 3.63) is 41.6 Å². The number of para-hydroxylation sites is 1. The number of aliphatic carboxylic acids is 1. The van der Waals surface area contributed by atoms with E-state index in [1.165, 1.54) is 0 Å². The van der Waals surface area contributed by atoms with Crippen molar-refractivity contribution in [2.24, 2.45) is 0 Å². The summed E-state index contributed by atoms with van der Waals surface area (Å²) in [6.07, 6.45) is 3.59. The number of carboxylic acids is 1. The summed E-state index contributed by atoms with van der Waals surface area (Å²) in [6.45, 7) is 1.99. The van der Waals surface area contributed by atoms with Crippen molar-refractivity contribution in [2.45, 2.75) is 13.3 Å². The molecule has 2 N–H and O–H groups in total. The third kappa shape index (κ3) is 1.98. The fourth-order valence-corrected chi connectivity index (χ4v) is 1.79. The first kappa shape index (κ1) is 10.5. The van der Waals surface area contributed by atoms with Crippen LogP contribution in [0.2, 0.25) is 0 Å². The van der Waals surface area contributed by atoms with Gasteiger partial charge < -0.3 is 10.1 Å². The van der Waals surface area contributed by atoms with Gasteiger partial charge in [0.2, 0.25) is 0 Å². The number of nitrogens with one attached hydrogen (secondary N) is 1. The van der Waals surface area contributed by atoms with Crippen LogP contribution in [0.25, 0.3) is 17.0 Å². The van der Waals surface area contributed by atoms with E-state index in [4.69, 9.17) is 5.11 Å². The Hall–Kier alpha value is -2.03.